The lowest BCUT2D eigenvalue weighted by Gasteiger charge is -2.29. The quantitative estimate of drug-likeness (QED) is 0.215. The molecule has 12 heteroatoms. The molecule has 3 rings (SSSR count). The van der Waals surface area contributed by atoms with Gasteiger partial charge in [-0.2, -0.15) is 21.5 Å². The van der Waals surface area contributed by atoms with Gasteiger partial charge in [-0.3, -0.25) is 9.22 Å². The van der Waals surface area contributed by atoms with E-state index < -0.39 is 50.8 Å². The predicted molar refractivity (Wildman–Crippen MR) is 62.9 cm³/mol. The molecule has 8 nitrogen and oxygen atoms in total. The third-order valence-electron chi connectivity index (χ3n) is 4.55. The maximum atomic E-state index is 13.4. The highest BCUT2D eigenvalue weighted by molar-refractivity contribution is 7.96. The van der Waals surface area contributed by atoms with Gasteiger partial charge in [-0.15, -0.1) is 0 Å². The minimum absolute atomic E-state index is 0.223. The monoisotopic (exact) mass is 361 g/mol. The van der Waals surface area contributed by atoms with Gasteiger partial charge in [-0.25, -0.2) is 4.79 Å². The highest BCUT2D eigenvalue weighted by atomic mass is 32.2. The van der Waals surface area contributed by atoms with Crippen LogP contribution in [0.25, 0.3) is 0 Å². The van der Waals surface area contributed by atoms with Crippen LogP contribution in [0.3, 0.4) is 0 Å². The SMILES string of the molecule is CC1C2CC3C1OS(=O)(=O)C3C2OC(=O)C(F)(F)SOO[O-]. The molecule has 0 N–H and O–H groups in total. The van der Waals surface area contributed by atoms with Gasteiger partial charge in [0.2, 0.25) is 0 Å². The van der Waals surface area contributed by atoms with E-state index in [-0.39, 0.29) is 17.8 Å². The number of carbonyl (C=O) groups excluding carboxylic acids is 1. The lowest BCUT2D eigenvalue weighted by atomic mass is 9.85. The zero-order valence-corrected chi connectivity index (χ0v) is 12.6. The summed E-state index contributed by atoms with van der Waals surface area (Å²) in [6.45, 7) is 1.73. The van der Waals surface area contributed by atoms with E-state index in [0.29, 0.717) is 6.42 Å². The van der Waals surface area contributed by atoms with Gasteiger partial charge < -0.3 is 9.99 Å². The number of hydrogen-bond donors (Lipinski definition) is 0. The van der Waals surface area contributed by atoms with Crippen molar-refractivity contribution >= 4 is 28.1 Å². The van der Waals surface area contributed by atoms with Gasteiger partial charge in [0.1, 0.15) is 23.4 Å². The number of ether oxygens (including phenoxy) is 1. The molecule has 22 heavy (non-hydrogen) atoms. The molecular weight excluding hydrogens is 350 g/mol. The van der Waals surface area contributed by atoms with E-state index in [1.54, 1.807) is 6.92 Å². The van der Waals surface area contributed by atoms with Crippen LogP contribution in [-0.2, 0) is 33.2 Å². The molecule has 3 fully saturated rings. The second-order valence-corrected chi connectivity index (χ2v) is 8.08. The first-order chi connectivity index (χ1) is 10.2. The summed E-state index contributed by atoms with van der Waals surface area (Å²) < 4.78 is 63.9. The highest BCUT2D eigenvalue weighted by Crippen LogP contribution is 2.58. The van der Waals surface area contributed by atoms with Crippen molar-refractivity contribution in [2.24, 2.45) is 17.8 Å². The molecule has 1 aliphatic heterocycles. The zero-order valence-electron chi connectivity index (χ0n) is 11.0. The van der Waals surface area contributed by atoms with Gasteiger partial charge in [0.15, 0.2) is 0 Å². The molecule has 6 atom stereocenters. The van der Waals surface area contributed by atoms with Crippen LogP contribution in [-0.4, -0.2) is 37.1 Å². The Morgan fingerprint density at radius 1 is 1.41 bits per heavy atom. The first-order valence-electron chi connectivity index (χ1n) is 6.34. The summed E-state index contributed by atoms with van der Waals surface area (Å²) in [6, 6.07) is 0. The maximum Gasteiger partial charge on any atom is 0.415 e. The van der Waals surface area contributed by atoms with Crippen LogP contribution in [0.1, 0.15) is 13.3 Å². The van der Waals surface area contributed by atoms with Crippen LogP contribution < -0.4 is 5.26 Å². The molecule has 126 valence electrons. The second kappa shape index (κ2) is 5.24. The first kappa shape index (κ1) is 16.3. The van der Waals surface area contributed by atoms with E-state index in [2.05, 4.69) is 9.37 Å². The maximum absolute atomic E-state index is 13.4. The molecule has 2 aliphatic carbocycles. The Labute approximate surface area is 128 Å². The van der Waals surface area contributed by atoms with Crippen molar-refractivity contribution in [3.8, 4) is 0 Å². The van der Waals surface area contributed by atoms with Crippen molar-refractivity contribution in [1.82, 2.24) is 0 Å². The fraction of sp³-hybridized carbons (Fsp3) is 0.900. The fourth-order valence-electron chi connectivity index (χ4n) is 3.73. The molecule has 1 saturated heterocycles. The number of esters is 1. The van der Waals surface area contributed by atoms with Gasteiger partial charge >= 0.3 is 11.2 Å². The second-order valence-electron chi connectivity index (χ2n) is 5.55. The summed E-state index contributed by atoms with van der Waals surface area (Å²) >= 11 is -0.813. The summed E-state index contributed by atoms with van der Waals surface area (Å²) in [5.41, 5.74) is 0. The van der Waals surface area contributed by atoms with Crippen molar-refractivity contribution in [1.29, 1.82) is 0 Å². The van der Waals surface area contributed by atoms with Gasteiger partial charge in [-0.1, -0.05) is 6.92 Å². The lowest BCUT2D eigenvalue weighted by Crippen LogP contribution is -2.44. The van der Waals surface area contributed by atoms with Crippen LogP contribution in [0.15, 0.2) is 0 Å². The zero-order chi connectivity index (χ0) is 16.3. The van der Waals surface area contributed by atoms with Gasteiger partial charge in [0, 0.05) is 11.8 Å². The van der Waals surface area contributed by atoms with Gasteiger partial charge in [0.25, 0.3) is 10.1 Å². The molecule has 0 spiro atoms. The minimum Gasteiger partial charge on any atom is -0.691 e. The molecule has 0 aromatic carbocycles. The van der Waals surface area contributed by atoms with E-state index >= 15 is 0 Å². The standard InChI is InChI=1S/C10H12F2O8S2/c1-3-4-2-5-6(3)18-22(15,16)8(5)7(4)17-9(13)10(11,12)21-20-19-14/h3-8,14H,2H2,1H3/p-1. The van der Waals surface area contributed by atoms with Crippen molar-refractivity contribution in [3.05, 3.63) is 0 Å². The molecular formula is C10H11F2O8S2-. The fourth-order valence-corrected chi connectivity index (χ4v) is 6.00. The van der Waals surface area contributed by atoms with Crippen LogP contribution in [0, 0.1) is 17.8 Å². The topological polar surface area (TPSA) is 111 Å². The highest BCUT2D eigenvalue weighted by Gasteiger charge is 2.69. The molecule has 0 amide bonds. The molecule has 3 aliphatic rings. The Morgan fingerprint density at radius 3 is 2.73 bits per heavy atom. The van der Waals surface area contributed by atoms with Crippen molar-refractivity contribution in [2.75, 3.05) is 0 Å². The minimum atomic E-state index is -4.20. The molecule has 2 bridgehead atoms. The summed E-state index contributed by atoms with van der Waals surface area (Å²) in [6.07, 6.45) is -1.25. The molecule has 2 saturated carbocycles. The smallest absolute Gasteiger partial charge is 0.415 e. The Balaban J connectivity index is 1.77. The number of hydrogen-bond acceptors (Lipinski definition) is 9. The predicted octanol–water partition coefficient (Wildman–Crippen LogP) is -0.254. The first-order valence-corrected chi connectivity index (χ1v) is 8.55. The van der Waals surface area contributed by atoms with E-state index in [1.807, 2.05) is 0 Å². The number of fused-ring (bicyclic) bond motifs is 1. The Morgan fingerprint density at radius 2 is 2.09 bits per heavy atom. The number of halogens is 2. The van der Waals surface area contributed by atoms with Gasteiger partial charge in [0.05, 0.1) is 6.10 Å². The van der Waals surface area contributed by atoms with E-state index in [9.17, 15) is 27.3 Å². The molecule has 0 radical (unpaired) electrons. The number of alkyl halides is 2. The summed E-state index contributed by atoms with van der Waals surface area (Å²) in [7, 11) is -3.96. The number of carbonyl (C=O) groups is 1. The van der Waals surface area contributed by atoms with E-state index in [0.717, 1.165) is 0 Å². The Kier molecular flexibility index (Phi) is 3.89. The van der Waals surface area contributed by atoms with E-state index in [4.69, 9.17) is 8.92 Å². The van der Waals surface area contributed by atoms with E-state index in [1.165, 1.54) is 0 Å². The Bertz CT molecular complexity index is 581. The molecule has 0 aromatic rings. The average molecular weight is 361 g/mol. The third kappa shape index (κ3) is 2.32. The third-order valence-corrected chi connectivity index (χ3v) is 6.83. The van der Waals surface area contributed by atoms with Crippen molar-refractivity contribution < 1.29 is 45.5 Å². The van der Waals surface area contributed by atoms with Crippen LogP contribution in [0.4, 0.5) is 8.78 Å². The number of rotatable bonds is 5. The van der Waals surface area contributed by atoms with Crippen LogP contribution in [0.2, 0.25) is 0 Å². The normalized spacial score (nSPS) is 41.8. The molecule has 0 aromatic heterocycles. The van der Waals surface area contributed by atoms with Gasteiger partial charge in [-0.05, 0) is 12.3 Å². The summed E-state index contributed by atoms with van der Waals surface area (Å²) in [5.74, 6) is -2.93. The Hall–Kier alpha value is -0.530. The van der Waals surface area contributed by atoms with Crippen molar-refractivity contribution in [3.63, 3.8) is 0 Å². The van der Waals surface area contributed by atoms with Crippen molar-refractivity contribution in [2.45, 2.75) is 36.1 Å². The van der Waals surface area contributed by atoms with Crippen LogP contribution >= 0.6 is 12.0 Å². The average Bonchev–Trinajstić information content (AvgIpc) is 3.00. The van der Waals surface area contributed by atoms with Crippen LogP contribution in [0.5, 0.6) is 0 Å². The lowest BCUT2D eigenvalue weighted by molar-refractivity contribution is -0.777. The molecule has 1 heterocycles. The largest absolute Gasteiger partial charge is 0.691 e. The molecule has 6 unspecified atom stereocenters. The summed E-state index contributed by atoms with van der Waals surface area (Å²) in [5, 5.41) is 6.99. The summed E-state index contributed by atoms with van der Waals surface area (Å²) in [4.78, 5) is 11.5.